The van der Waals surface area contributed by atoms with Gasteiger partial charge in [0.2, 0.25) is 5.91 Å². The number of hydrogen-bond acceptors (Lipinski definition) is 3. The number of nitrogens with one attached hydrogen (secondary N) is 1. The fourth-order valence-corrected chi connectivity index (χ4v) is 2.53. The molecular formula is C15H27NO4. The van der Waals surface area contributed by atoms with Crippen LogP contribution < -0.4 is 5.32 Å². The second-order valence-electron chi connectivity index (χ2n) is 6.98. The molecule has 1 heterocycles. The second-order valence-corrected chi connectivity index (χ2v) is 6.98. The van der Waals surface area contributed by atoms with Crippen LogP contribution in [0, 0.1) is 17.3 Å². The van der Waals surface area contributed by atoms with Crippen molar-refractivity contribution in [3.8, 4) is 0 Å². The maximum Gasteiger partial charge on any atom is 0.311 e. The van der Waals surface area contributed by atoms with Crippen LogP contribution >= 0.6 is 0 Å². The molecule has 116 valence electrons. The zero-order valence-corrected chi connectivity index (χ0v) is 13.5. The van der Waals surface area contributed by atoms with E-state index in [1.807, 2.05) is 20.8 Å². The molecule has 5 nitrogen and oxygen atoms in total. The van der Waals surface area contributed by atoms with Gasteiger partial charge in [0.15, 0.2) is 0 Å². The molecule has 0 saturated carbocycles. The molecule has 0 aromatic carbocycles. The number of carboxylic acid groups (broad SMARTS) is 1. The van der Waals surface area contributed by atoms with Crippen molar-refractivity contribution in [1.29, 1.82) is 0 Å². The highest BCUT2D eigenvalue weighted by Gasteiger charge is 2.48. The molecule has 0 radical (unpaired) electrons. The minimum Gasteiger partial charge on any atom is -0.481 e. The molecule has 0 aliphatic carbocycles. The number of rotatable bonds is 4. The smallest absolute Gasteiger partial charge is 0.311 e. The summed E-state index contributed by atoms with van der Waals surface area (Å²) in [4.78, 5) is 23.9. The minimum absolute atomic E-state index is 0.0383. The number of carbonyl (C=O) groups is 2. The molecule has 2 N–H and O–H groups in total. The fourth-order valence-electron chi connectivity index (χ4n) is 2.53. The Hall–Kier alpha value is -1.10. The summed E-state index contributed by atoms with van der Waals surface area (Å²) in [6.07, 6.45) is -0.111. The summed E-state index contributed by atoms with van der Waals surface area (Å²) < 4.78 is 5.68. The van der Waals surface area contributed by atoms with Crippen molar-refractivity contribution in [2.45, 2.75) is 66.2 Å². The number of aliphatic carboxylic acids is 1. The van der Waals surface area contributed by atoms with Crippen LogP contribution in [-0.4, -0.2) is 34.7 Å². The Bertz CT molecular complexity index is 403. The average Bonchev–Trinajstić information content (AvgIpc) is 2.51. The molecule has 1 rings (SSSR count). The molecule has 5 heteroatoms. The molecule has 20 heavy (non-hydrogen) atoms. The van der Waals surface area contributed by atoms with Gasteiger partial charge in [0.25, 0.3) is 0 Å². The highest BCUT2D eigenvalue weighted by Crippen LogP contribution is 2.35. The lowest BCUT2D eigenvalue weighted by atomic mass is 9.74. The van der Waals surface area contributed by atoms with Crippen molar-refractivity contribution in [3.05, 3.63) is 0 Å². The van der Waals surface area contributed by atoms with Crippen LogP contribution in [0.15, 0.2) is 0 Å². The molecule has 4 unspecified atom stereocenters. The number of carboxylic acids is 1. The highest BCUT2D eigenvalue weighted by atomic mass is 16.5. The van der Waals surface area contributed by atoms with E-state index in [0.29, 0.717) is 0 Å². The molecule has 4 atom stereocenters. The summed E-state index contributed by atoms with van der Waals surface area (Å²) in [5, 5.41) is 12.2. The standard InChI is InChI=1S/C15H27NO4/c1-8-9(2)20-10(3)11(8)12(17)16-15(6,7)14(4,5)13(18)19/h8-11H,1-7H3,(H,16,17)(H,18,19). The lowest BCUT2D eigenvalue weighted by molar-refractivity contribution is -0.152. The maximum absolute atomic E-state index is 12.5. The van der Waals surface area contributed by atoms with Gasteiger partial charge in [-0.3, -0.25) is 9.59 Å². The van der Waals surface area contributed by atoms with Crippen LogP contribution in [0.25, 0.3) is 0 Å². The molecule has 1 fully saturated rings. The first-order valence-electron chi connectivity index (χ1n) is 7.12. The minimum atomic E-state index is -1.06. The molecule has 0 spiro atoms. The number of amides is 1. The van der Waals surface area contributed by atoms with E-state index in [2.05, 4.69) is 5.32 Å². The molecule has 0 aromatic rings. The SMILES string of the molecule is CC1OC(C)C(C(=O)NC(C)(C)C(C)(C)C(=O)O)C1C. The number of carbonyl (C=O) groups excluding carboxylic acids is 1. The Morgan fingerprint density at radius 2 is 1.55 bits per heavy atom. The van der Waals surface area contributed by atoms with Gasteiger partial charge in [-0.2, -0.15) is 0 Å². The maximum atomic E-state index is 12.5. The quantitative estimate of drug-likeness (QED) is 0.829. The monoisotopic (exact) mass is 285 g/mol. The molecular weight excluding hydrogens is 258 g/mol. The molecule has 0 bridgehead atoms. The first-order chi connectivity index (χ1) is 8.91. The van der Waals surface area contributed by atoms with Crippen molar-refractivity contribution in [2.24, 2.45) is 17.3 Å². The van der Waals surface area contributed by atoms with Gasteiger partial charge < -0.3 is 15.2 Å². The van der Waals surface area contributed by atoms with Gasteiger partial charge in [-0.05, 0) is 47.5 Å². The number of hydrogen-bond donors (Lipinski definition) is 2. The van der Waals surface area contributed by atoms with Crippen LogP contribution in [0.5, 0.6) is 0 Å². The summed E-state index contributed by atoms with van der Waals surface area (Å²) in [7, 11) is 0. The van der Waals surface area contributed by atoms with E-state index in [4.69, 9.17) is 4.74 Å². The van der Waals surface area contributed by atoms with E-state index in [9.17, 15) is 14.7 Å². The predicted octanol–water partition coefficient (Wildman–Crippen LogP) is 2.05. The van der Waals surface area contributed by atoms with Crippen molar-refractivity contribution in [2.75, 3.05) is 0 Å². The van der Waals surface area contributed by atoms with Crippen molar-refractivity contribution in [3.63, 3.8) is 0 Å². The van der Waals surface area contributed by atoms with E-state index < -0.39 is 16.9 Å². The first kappa shape index (κ1) is 17.0. The van der Waals surface area contributed by atoms with Gasteiger partial charge in [-0.15, -0.1) is 0 Å². The largest absolute Gasteiger partial charge is 0.481 e. The number of ether oxygens (including phenoxy) is 1. The molecule has 1 saturated heterocycles. The van der Waals surface area contributed by atoms with Gasteiger partial charge in [0, 0.05) is 5.54 Å². The molecule has 0 aromatic heterocycles. The summed E-state index contributed by atoms with van der Waals surface area (Å²) in [6.45, 7) is 12.6. The Morgan fingerprint density at radius 1 is 1.05 bits per heavy atom. The normalized spacial score (nSPS) is 31.1. The van der Waals surface area contributed by atoms with E-state index in [0.717, 1.165) is 0 Å². The van der Waals surface area contributed by atoms with Crippen LogP contribution in [0.4, 0.5) is 0 Å². The fraction of sp³-hybridized carbons (Fsp3) is 0.867. The Balaban J connectivity index is 2.88. The van der Waals surface area contributed by atoms with Gasteiger partial charge in [0.1, 0.15) is 0 Å². The lowest BCUT2D eigenvalue weighted by Crippen LogP contribution is -2.58. The van der Waals surface area contributed by atoms with Gasteiger partial charge in [0.05, 0.1) is 23.5 Å². The van der Waals surface area contributed by atoms with Crippen LogP contribution in [-0.2, 0) is 14.3 Å². The molecule has 1 aliphatic heterocycles. The lowest BCUT2D eigenvalue weighted by Gasteiger charge is -2.40. The van der Waals surface area contributed by atoms with Gasteiger partial charge in [-0.25, -0.2) is 0 Å². The third-order valence-electron chi connectivity index (χ3n) is 5.08. The van der Waals surface area contributed by atoms with Crippen LogP contribution in [0.2, 0.25) is 0 Å². The van der Waals surface area contributed by atoms with E-state index >= 15 is 0 Å². The van der Waals surface area contributed by atoms with Crippen molar-refractivity contribution >= 4 is 11.9 Å². The summed E-state index contributed by atoms with van der Waals surface area (Å²) >= 11 is 0. The van der Waals surface area contributed by atoms with E-state index in [-0.39, 0.29) is 30.0 Å². The van der Waals surface area contributed by atoms with Gasteiger partial charge >= 0.3 is 5.97 Å². The third-order valence-corrected chi connectivity index (χ3v) is 5.08. The van der Waals surface area contributed by atoms with Gasteiger partial charge in [-0.1, -0.05) is 6.92 Å². The van der Waals surface area contributed by atoms with Crippen molar-refractivity contribution < 1.29 is 19.4 Å². The summed E-state index contributed by atoms with van der Waals surface area (Å²) in [6, 6.07) is 0. The zero-order valence-electron chi connectivity index (χ0n) is 13.5. The average molecular weight is 285 g/mol. The van der Waals surface area contributed by atoms with Crippen molar-refractivity contribution in [1.82, 2.24) is 5.32 Å². The molecule has 1 aliphatic rings. The van der Waals surface area contributed by atoms with Crippen LogP contribution in [0.1, 0.15) is 48.5 Å². The zero-order chi connectivity index (χ0) is 15.9. The summed E-state index contributed by atoms with van der Waals surface area (Å²) in [5.74, 6) is -1.18. The third kappa shape index (κ3) is 2.82. The van der Waals surface area contributed by atoms with Crippen LogP contribution in [0.3, 0.4) is 0 Å². The van der Waals surface area contributed by atoms with E-state index in [1.165, 1.54) is 0 Å². The Morgan fingerprint density at radius 3 is 1.90 bits per heavy atom. The predicted molar refractivity (Wildman–Crippen MR) is 76.3 cm³/mol. The topological polar surface area (TPSA) is 75.6 Å². The Labute approximate surface area is 121 Å². The Kier molecular flexibility index (Phi) is 4.54. The second kappa shape index (κ2) is 5.35. The molecule has 1 amide bonds. The first-order valence-corrected chi connectivity index (χ1v) is 7.12. The van der Waals surface area contributed by atoms with E-state index in [1.54, 1.807) is 27.7 Å². The highest BCUT2D eigenvalue weighted by molar-refractivity contribution is 5.83. The summed E-state index contributed by atoms with van der Waals surface area (Å²) in [5.41, 5.74) is -1.90.